The van der Waals surface area contributed by atoms with Crippen LogP contribution in [0.3, 0.4) is 0 Å². The fourth-order valence-electron chi connectivity index (χ4n) is 2.92. The maximum atomic E-state index is 11.9. The number of nitrogens with zero attached hydrogens (tertiary/aromatic N) is 3. The van der Waals surface area contributed by atoms with Gasteiger partial charge in [-0.05, 0) is 27.7 Å². The minimum atomic E-state index is -1.65. The van der Waals surface area contributed by atoms with Crippen molar-refractivity contribution in [3.63, 3.8) is 0 Å². The number of hydrogen-bond donors (Lipinski definition) is 6. The molecule has 2 heterocycles. The van der Waals surface area contributed by atoms with Gasteiger partial charge < -0.3 is 45.3 Å². The molecule has 0 aromatic carbocycles. The Balaban J connectivity index is 2.27. The van der Waals surface area contributed by atoms with Gasteiger partial charge in [-0.3, -0.25) is 0 Å². The number of aromatic nitrogens is 3. The SMILES string of the molecule is CC(C)NC(=O)OCc1nnn([C@@H]2O[C@H](CO)[C@@H](O)[C@H](O)[C@H]2O)c1COC(=O)NC(C)C. The maximum absolute atomic E-state index is 11.9. The summed E-state index contributed by atoms with van der Waals surface area (Å²) in [6, 6.07) is -0.339. The molecule has 1 aliphatic heterocycles. The van der Waals surface area contributed by atoms with E-state index in [-0.39, 0.29) is 36.7 Å². The molecule has 2 rings (SSSR count). The van der Waals surface area contributed by atoms with Gasteiger partial charge in [0.2, 0.25) is 0 Å². The van der Waals surface area contributed by atoms with Gasteiger partial charge in [-0.25, -0.2) is 14.3 Å². The van der Waals surface area contributed by atoms with E-state index >= 15 is 0 Å². The summed E-state index contributed by atoms with van der Waals surface area (Å²) in [4.78, 5) is 23.7. The van der Waals surface area contributed by atoms with Crippen LogP contribution in [0.15, 0.2) is 0 Å². The van der Waals surface area contributed by atoms with Crippen LogP contribution < -0.4 is 10.6 Å². The number of nitrogens with one attached hydrogen (secondary N) is 2. The van der Waals surface area contributed by atoms with Crippen molar-refractivity contribution in [3.8, 4) is 0 Å². The predicted molar refractivity (Wildman–Crippen MR) is 106 cm³/mol. The zero-order valence-corrected chi connectivity index (χ0v) is 18.3. The van der Waals surface area contributed by atoms with Crippen molar-refractivity contribution in [2.45, 2.75) is 83.6 Å². The van der Waals surface area contributed by atoms with E-state index in [9.17, 15) is 30.0 Å². The molecule has 0 spiro atoms. The Morgan fingerprint density at radius 3 is 2.09 bits per heavy atom. The van der Waals surface area contributed by atoms with Crippen LogP contribution in [0.2, 0.25) is 0 Å². The first-order chi connectivity index (χ1) is 15.0. The number of rotatable bonds is 8. The van der Waals surface area contributed by atoms with Crippen molar-refractivity contribution in [1.29, 1.82) is 0 Å². The zero-order chi connectivity index (χ0) is 24.0. The summed E-state index contributed by atoms with van der Waals surface area (Å²) in [5.74, 6) is 0. The number of amides is 2. The van der Waals surface area contributed by atoms with Crippen molar-refractivity contribution in [2.24, 2.45) is 0 Å². The van der Waals surface area contributed by atoms with Gasteiger partial charge >= 0.3 is 12.2 Å². The molecule has 1 aromatic rings. The third-order valence-electron chi connectivity index (χ3n) is 4.47. The van der Waals surface area contributed by atoms with E-state index in [1.54, 1.807) is 27.7 Å². The summed E-state index contributed by atoms with van der Waals surface area (Å²) >= 11 is 0. The first-order valence-corrected chi connectivity index (χ1v) is 10.1. The van der Waals surface area contributed by atoms with Gasteiger partial charge in [0.25, 0.3) is 0 Å². The monoisotopic (exact) mass is 461 g/mol. The van der Waals surface area contributed by atoms with Crippen molar-refractivity contribution in [3.05, 3.63) is 11.4 Å². The second-order valence-electron chi connectivity index (χ2n) is 7.90. The molecule has 1 saturated heterocycles. The Morgan fingerprint density at radius 2 is 1.56 bits per heavy atom. The number of hydrogen-bond acceptors (Lipinski definition) is 11. The van der Waals surface area contributed by atoms with Gasteiger partial charge in [0.15, 0.2) is 6.23 Å². The highest BCUT2D eigenvalue weighted by molar-refractivity contribution is 5.68. The predicted octanol–water partition coefficient (Wildman–Crippen LogP) is -1.48. The Labute approximate surface area is 184 Å². The Hall–Kier alpha value is -2.52. The molecule has 14 heteroatoms. The number of alkyl carbamates (subject to hydrolysis) is 2. The number of carbonyl (C=O) groups is 2. The topological polar surface area (TPSA) is 198 Å². The van der Waals surface area contributed by atoms with E-state index in [0.717, 1.165) is 4.68 Å². The Kier molecular flexibility index (Phi) is 9.15. The molecule has 32 heavy (non-hydrogen) atoms. The molecule has 14 nitrogen and oxygen atoms in total. The molecule has 0 saturated carbocycles. The highest BCUT2D eigenvalue weighted by atomic mass is 16.6. The highest BCUT2D eigenvalue weighted by Gasteiger charge is 2.45. The fourth-order valence-corrected chi connectivity index (χ4v) is 2.92. The highest BCUT2D eigenvalue weighted by Crippen LogP contribution is 2.29. The molecular weight excluding hydrogens is 430 g/mol. The second-order valence-corrected chi connectivity index (χ2v) is 7.90. The average molecular weight is 461 g/mol. The van der Waals surface area contributed by atoms with Gasteiger partial charge in [-0.15, -0.1) is 5.10 Å². The lowest BCUT2D eigenvalue weighted by Gasteiger charge is -2.40. The molecule has 1 aromatic heterocycles. The number of carbonyl (C=O) groups excluding carboxylic acids is 2. The van der Waals surface area contributed by atoms with Gasteiger partial charge in [0.05, 0.1) is 6.61 Å². The van der Waals surface area contributed by atoms with Crippen molar-refractivity contribution >= 4 is 12.2 Å². The lowest BCUT2D eigenvalue weighted by molar-refractivity contribution is -0.254. The second kappa shape index (κ2) is 11.4. The number of ether oxygens (including phenoxy) is 3. The summed E-state index contributed by atoms with van der Waals surface area (Å²) in [7, 11) is 0. The van der Waals surface area contributed by atoms with Gasteiger partial charge in [-0.1, -0.05) is 5.21 Å². The third-order valence-corrected chi connectivity index (χ3v) is 4.47. The standard InChI is InChI=1S/C18H31N5O9/c1-8(2)19-17(28)30-6-10-11(7-31-18(29)20-9(3)4)23(22-21-10)16-15(27)14(26)13(25)12(5-24)32-16/h8-9,12-16,24-27H,5-7H2,1-4H3,(H,19,28)(H,20,29)/t12-,13-,14+,15-,16-/m1/s1. The lowest BCUT2D eigenvalue weighted by Crippen LogP contribution is -2.56. The summed E-state index contributed by atoms with van der Waals surface area (Å²) in [5, 5.41) is 52.8. The Bertz CT molecular complexity index is 770. The van der Waals surface area contributed by atoms with E-state index in [2.05, 4.69) is 20.9 Å². The Morgan fingerprint density at radius 1 is 1.00 bits per heavy atom. The van der Waals surface area contributed by atoms with Gasteiger partial charge in [0.1, 0.15) is 49.0 Å². The molecule has 0 aliphatic carbocycles. The zero-order valence-electron chi connectivity index (χ0n) is 18.3. The molecule has 0 unspecified atom stereocenters. The summed E-state index contributed by atoms with van der Waals surface area (Å²) in [6.45, 7) is 5.64. The van der Waals surface area contributed by atoms with Crippen LogP contribution >= 0.6 is 0 Å². The van der Waals surface area contributed by atoms with E-state index in [0.29, 0.717) is 0 Å². The minimum absolute atomic E-state index is 0.109. The summed E-state index contributed by atoms with van der Waals surface area (Å²) in [5.41, 5.74) is 0.226. The van der Waals surface area contributed by atoms with Crippen LogP contribution in [0.1, 0.15) is 45.3 Å². The lowest BCUT2D eigenvalue weighted by atomic mass is 9.98. The molecule has 6 N–H and O–H groups in total. The quantitative estimate of drug-likeness (QED) is 0.264. The number of aliphatic hydroxyl groups excluding tert-OH is 4. The van der Waals surface area contributed by atoms with Crippen molar-refractivity contribution < 1.29 is 44.2 Å². The molecule has 1 fully saturated rings. The number of aliphatic hydroxyl groups is 4. The van der Waals surface area contributed by atoms with Crippen LogP contribution in [0.4, 0.5) is 9.59 Å². The molecule has 0 radical (unpaired) electrons. The minimum Gasteiger partial charge on any atom is -0.443 e. The van der Waals surface area contributed by atoms with Crippen LogP contribution in [-0.4, -0.2) is 90.7 Å². The van der Waals surface area contributed by atoms with Crippen LogP contribution in [0.5, 0.6) is 0 Å². The molecular formula is C18H31N5O9. The van der Waals surface area contributed by atoms with Gasteiger partial charge in [-0.2, -0.15) is 0 Å². The fraction of sp³-hybridized carbons (Fsp3) is 0.778. The van der Waals surface area contributed by atoms with E-state index < -0.39 is 49.4 Å². The first-order valence-electron chi connectivity index (χ1n) is 10.1. The first kappa shape index (κ1) is 25.7. The summed E-state index contributed by atoms with van der Waals surface area (Å²) < 4.78 is 16.8. The van der Waals surface area contributed by atoms with Crippen molar-refractivity contribution in [1.82, 2.24) is 25.6 Å². The van der Waals surface area contributed by atoms with E-state index in [4.69, 9.17) is 14.2 Å². The summed E-state index contributed by atoms with van der Waals surface area (Å²) in [6.07, 6.45) is -8.84. The molecule has 182 valence electrons. The van der Waals surface area contributed by atoms with Crippen LogP contribution in [0.25, 0.3) is 0 Å². The normalized spacial score (nSPS) is 25.6. The van der Waals surface area contributed by atoms with Crippen LogP contribution in [0, 0.1) is 0 Å². The van der Waals surface area contributed by atoms with E-state index in [1.807, 2.05) is 0 Å². The molecule has 2 amide bonds. The maximum Gasteiger partial charge on any atom is 0.407 e. The average Bonchev–Trinajstić information content (AvgIpc) is 3.11. The van der Waals surface area contributed by atoms with Crippen LogP contribution in [-0.2, 0) is 27.4 Å². The van der Waals surface area contributed by atoms with Crippen molar-refractivity contribution in [2.75, 3.05) is 6.61 Å². The third kappa shape index (κ3) is 6.49. The molecule has 0 bridgehead atoms. The molecule has 1 aliphatic rings. The largest absolute Gasteiger partial charge is 0.443 e. The van der Waals surface area contributed by atoms with E-state index in [1.165, 1.54) is 0 Å². The molecule has 5 atom stereocenters. The van der Waals surface area contributed by atoms with Gasteiger partial charge in [0, 0.05) is 12.1 Å². The smallest absolute Gasteiger partial charge is 0.407 e.